The van der Waals surface area contributed by atoms with Gasteiger partial charge in [-0.05, 0) is 36.4 Å². The molecule has 2 aromatic heterocycles. The van der Waals surface area contributed by atoms with E-state index in [9.17, 15) is 0 Å². The van der Waals surface area contributed by atoms with Crippen molar-refractivity contribution in [2.75, 3.05) is 0 Å². The average molecular weight is 286 g/mol. The van der Waals surface area contributed by atoms with Crippen LogP contribution in [0, 0.1) is 0 Å². The monoisotopic (exact) mass is 285 g/mol. The van der Waals surface area contributed by atoms with Crippen LogP contribution in [-0.2, 0) is 0 Å². The van der Waals surface area contributed by atoms with Crippen LogP contribution in [0.5, 0.6) is 0 Å². The highest BCUT2D eigenvalue weighted by Gasteiger charge is 2.11. The first-order chi connectivity index (χ1) is 9.31. The molecule has 0 unspecified atom stereocenters. The molecule has 4 rings (SSSR count). The zero-order chi connectivity index (χ0) is 12.8. The van der Waals surface area contributed by atoms with Gasteiger partial charge in [0.25, 0.3) is 0 Å². The molecule has 0 aliphatic rings. The second kappa shape index (κ2) is 4.05. The van der Waals surface area contributed by atoms with Gasteiger partial charge in [0, 0.05) is 10.6 Å². The minimum atomic E-state index is 0.718. The van der Waals surface area contributed by atoms with Crippen LogP contribution in [0.4, 0.5) is 0 Å². The second-order valence-corrected chi connectivity index (χ2v) is 5.65. The second-order valence-electron chi connectivity index (χ2n) is 4.21. The summed E-state index contributed by atoms with van der Waals surface area (Å²) in [6.45, 7) is 0. The summed E-state index contributed by atoms with van der Waals surface area (Å²) in [6, 6.07) is 15.7. The zero-order valence-electron chi connectivity index (χ0n) is 9.75. The van der Waals surface area contributed by atoms with Crippen molar-refractivity contribution in [1.29, 1.82) is 0 Å². The van der Waals surface area contributed by atoms with E-state index in [0.29, 0.717) is 0 Å². The molecule has 0 radical (unpaired) electrons. The molecule has 0 aliphatic heterocycles. The molecule has 0 atom stereocenters. The van der Waals surface area contributed by atoms with Crippen molar-refractivity contribution in [2.24, 2.45) is 0 Å². The van der Waals surface area contributed by atoms with Crippen molar-refractivity contribution in [3.63, 3.8) is 0 Å². The summed E-state index contributed by atoms with van der Waals surface area (Å²) in [6.07, 6.45) is 0. The average Bonchev–Trinajstić information content (AvgIpc) is 2.97. The summed E-state index contributed by atoms with van der Waals surface area (Å²) in [5.41, 5.74) is 2.07. The number of aromatic nitrogens is 3. The summed E-state index contributed by atoms with van der Waals surface area (Å²) in [4.78, 5) is 5.49. The Hall–Kier alpha value is -1.91. The lowest BCUT2D eigenvalue weighted by molar-refractivity contribution is 1.02. The lowest BCUT2D eigenvalue weighted by Crippen LogP contribution is -1.84. The Morgan fingerprint density at radius 3 is 2.63 bits per heavy atom. The van der Waals surface area contributed by atoms with Crippen molar-refractivity contribution in [1.82, 2.24) is 14.6 Å². The Kier molecular flexibility index (Phi) is 2.33. The highest BCUT2D eigenvalue weighted by atomic mass is 35.5. The third kappa shape index (κ3) is 1.72. The van der Waals surface area contributed by atoms with Crippen molar-refractivity contribution in [3.05, 3.63) is 53.6 Å². The fourth-order valence-electron chi connectivity index (χ4n) is 2.06. The molecule has 0 bridgehead atoms. The molecule has 5 heteroatoms. The van der Waals surface area contributed by atoms with Gasteiger partial charge in [-0.3, -0.25) is 0 Å². The van der Waals surface area contributed by atoms with E-state index in [-0.39, 0.29) is 0 Å². The Labute approximate surface area is 118 Å². The maximum Gasteiger partial charge on any atom is 0.213 e. The quantitative estimate of drug-likeness (QED) is 0.523. The van der Waals surface area contributed by atoms with Crippen molar-refractivity contribution >= 4 is 38.1 Å². The van der Waals surface area contributed by atoms with Gasteiger partial charge in [-0.15, -0.1) is 5.10 Å². The van der Waals surface area contributed by atoms with Crippen LogP contribution in [0.1, 0.15) is 0 Å². The van der Waals surface area contributed by atoms with Gasteiger partial charge in [0.15, 0.2) is 5.82 Å². The molecule has 0 fully saturated rings. The lowest BCUT2D eigenvalue weighted by Gasteiger charge is -1.94. The smallest absolute Gasteiger partial charge is 0.203 e. The summed E-state index contributed by atoms with van der Waals surface area (Å²) in [5.74, 6) is 0.730. The first kappa shape index (κ1) is 11.0. The molecular weight excluding hydrogens is 278 g/mol. The van der Waals surface area contributed by atoms with Crippen molar-refractivity contribution < 1.29 is 0 Å². The normalized spacial score (nSPS) is 11.4. The SMILES string of the molecule is Clc1ccc(-c2nc3sc4ccccc4n3n2)cc1. The van der Waals surface area contributed by atoms with E-state index in [4.69, 9.17) is 11.6 Å². The van der Waals surface area contributed by atoms with Crippen LogP contribution in [0.25, 0.3) is 26.6 Å². The van der Waals surface area contributed by atoms with Gasteiger partial charge in [-0.2, -0.15) is 4.98 Å². The summed E-state index contributed by atoms with van der Waals surface area (Å²) in [5, 5.41) is 5.29. The van der Waals surface area contributed by atoms with Crippen LogP contribution in [0.2, 0.25) is 5.02 Å². The van der Waals surface area contributed by atoms with Gasteiger partial charge in [0.1, 0.15) is 0 Å². The van der Waals surface area contributed by atoms with Gasteiger partial charge < -0.3 is 0 Å². The predicted molar refractivity (Wildman–Crippen MR) is 78.8 cm³/mol. The number of hydrogen-bond acceptors (Lipinski definition) is 3. The van der Waals surface area contributed by atoms with Crippen LogP contribution in [0.3, 0.4) is 0 Å². The minimum absolute atomic E-state index is 0.718. The van der Waals surface area contributed by atoms with E-state index in [2.05, 4.69) is 22.2 Å². The van der Waals surface area contributed by atoms with Crippen LogP contribution < -0.4 is 0 Å². The van der Waals surface area contributed by atoms with Gasteiger partial charge in [0.2, 0.25) is 4.96 Å². The van der Waals surface area contributed by atoms with E-state index in [1.165, 1.54) is 4.70 Å². The van der Waals surface area contributed by atoms with Gasteiger partial charge in [0.05, 0.1) is 10.2 Å². The largest absolute Gasteiger partial charge is 0.213 e. The number of fused-ring (bicyclic) bond motifs is 3. The number of halogens is 1. The first-order valence-corrected chi connectivity index (χ1v) is 7.01. The summed E-state index contributed by atoms with van der Waals surface area (Å²) >= 11 is 7.53. The maximum absolute atomic E-state index is 5.89. The standard InChI is InChI=1S/C14H8ClN3S/c15-10-7-5-9(6-8-10)13-16-14-18(17-13)11-3-1-2-4-12(11)19-14/h1-8H. The number of benzene rings is 2. The Balaban J connectivity index is 1.94. The number of nitrogens with zero attached hydrogens (tertiary/aromatic N) is 3. The Bertz CT molecular complexity index is 877. The van der Waals surface area contributed by atoms with E-state index in [1.54, 1.807) is 11.3 Å². The Morgan fingerprint density at radius 1 is 1.00 bits per heavy atom. The summed E-state index contributed by atoms with van der Waals surface area (Å²) < 4.78 is 3.09. The maximum atomic E-state index is 5.89. The highest BCUT2D eigenvalue weighted by molar-refractivity contribution is 7.23. The van der Waals surface area contributed by atoms with Crippen molar-refractivity contribution in [2.45, 2.75) is 0 Å². The molecule has 2 heterocycles. The first-order valence-electron chi connectivity index (χ1n) is 5.81. The number of hydrogen-bond donors (Lipinski definition) is 0. The third-order valence-corrected chi connectivity index (χ3v) is 4.24. The molecule has 0 aliphatic carbocycles. The van der Waals surface area contributed by atoms with E-state index in [0.717, 1.165) is 26.9 Å². The van der Waals surface area contributed by atoms with Gasteiger partial charge in [-0.25, -0.2) is 4.52 Å². The topological polar surface area (TPSA) is 30.2 Å². The molecule has 0 spiro atoms. The molecule has 0 saturated carbocycles. The van der Waals surface area contributed by atoms with Gasteiger partial charge in [-0.1, -0.05) is 35.1 Å². The Morgan fingerprint density at radius 2 is 1.79 bits per heavy atom. The molecule has 4 aromatic rings. The molecule has 3 nitrogen and oxygen atoms in total. The zero-order valence-corrected chi connectivity index (χ0v) is 11.3. The highest BCUT2D eigenvalue weighted by Crippen LogP contribution is 2.27. The number of thiazole rings is 1. The molecule has 0 N–H and O–H groups in total. The van der Waals surface area contributed by atoms with Crippen LogP contribution in [-0.4, -0.2) is 14.6 Å². The van der Waals surface area contributed by atoms with Crippen LogP contribution >= 0.6 is 22.9 Å². The minimum Gasteiger partial charge on any atom is -0.203 e. The van der Waals surface area contributed by atoms with E-state index in [1.807, 2.05) is 40.9 Å². The third-order valence-electron chi connectivity index (χ3n) is 2.97. The lowest BCUT2D eigenvalue weighted by atomic mass is 10.2. The van der Waals surface area contributed by atoms with Crippen LogP contribution in [0.15, 0.2) is 48.5 Å². The summed E-state index contributed by atoms with van der Waals surface area (Å²) in [7, 11) is 0. The molecule has 92 valence electrons. The fraction of sp³-hybridized carbons (Fsp3) is 0. The molecular formula is C14H8ClN3S. The van der Waals surface area contributed by atoms with Gasteiger partial charge >= 0.3 is 0 Å². The number of para-hydroxylation sites is 1. The predicted octanol–water partition coefficient (Wildman–Crippen LogP) is 4.26. The molecule has 0 amide bonds. The molecule has 19 heavy (non-hydrogen) atoms. The van der Waals surface area contributed by atoms with Crippen molar-refractivity contribution in [3.8, 4) is 11.4 Å². The van der Waals surface area contributed by atoms with E-state index >= 15 is 0 Å². The van der Waals surface area contributed by atoms with E-state index < -0.39 is 0 Å². The molecule has 0 saturated heterocycles. The molecule has 2 aromatic carbocycles. The fourth-order valence-corrected chi connectivity index (χ4v) is 3.14. The number of rotatable bonds is 1.